The van der Waals surface area contributed by atoms with Gasteiger partial charge in [0, 0.05) is 22.0 Å². The molecule has 128 valence electrons. The van der Waals surface area contributed by atoms with E-state index in [4.69, 9.17) is 21.4 Å². The molecule has 0 unspecified atom stereocenters. The molecule has 0 radical (unpaired) electrons. The number of allylic oxidation sites excluding steroid dienone is 1. The van der Waals surface area contributed by atoms with Crippen LogP contribution in [0.4, 0.5) is 0 Å². The first-order chi connectivity index (χ1) is 11.2. The molecule has 0 bridgehead atoms. The van der Waals surface area contributed by atoms with E-state index in [2.05, 4.69) is 4.98 Å². The Balaban J connectivity index is 2.10. The molecule has 0 aliphatic heterocycles. The summed E-state index contributed by atoms with van der Waals surface area (Å²) in [5.41, 5.74) is 1.22. The molecule has 1 aromatic carbocycles. The number of benzene rings is 1. The van der Waals surface area contributed by atoms with Gasteiger partial charge in [0.25, 0.3) is 0 Å². The number of H-pyrrole nitrogens is 1. The van der Waals surface area contributed by atoms with Gasteiger partial charge in [0.1, 0.15) is 11.3 Å². The number of carboxylic acids is 1. The normalized spacial score (nSPS) is 12.0. The fourth-order valence-corrected chi connectivity index (χ4v) is 2.59. The largest absolute Gasteiger partial charge is 0.477 e. The van der Waals surface area contributed by atoms with Gasteiger partial charge in [-0.1, -0.05) is 17.7 Å². The van der Waals surface area contributed by atoms with Gasteiger partial charge in [-0.05, 0) is 57.4 Å². The van der Waals surface area contributed by atoms with Gasteiger partial charge in [-0.15, -0.1) is 0 Å². The number of halogens is 1. The highest BCUT2D eigenvalue weighted by Crippen LogP contribution is 2.26. The Morgan fingerprint density at radius 3 is 2.62 bits per heavy atom. The number of carboxylic acid groups (broad SMARTS) is 1. The number of hydrogen-bond acceptors (Lipinski definition) is 3. The van der Waals surface area contributed by atoms with E-state index in [0.29, 0.717) is 23.4 Å². The molecule has 0 spiro atoms. The lowest BCUT2D eigenvalue weighted by molar-refractivity contribution is -0.148. The number of fused-ring (bicyclic) bond motifs is 1. The molecule has 5 nitrogen and oxygen atoms in total. The van der Waals surface area contributed by atoms with Gasteiger partial charge in [-0.3, -0.25) is 0 Å². The predicted molar refractivity (Wildman–Crippen MR) is 93.6 cm³/mol. The van der Waals surface area contributed by atoms with E-state index in [1.54, 1.807) is 18.2 Å². The third-order valence-corrected chi connectivity index (χ3v) is 3.48. The van der Waals surface area contributed by atoms with E-state index in [9.17, 15) is 9.59 Å². The molecule has 6 heteroatoms. The highest BCUT2D eigenvalue weighted by Gasteiger charge is 2.14. The minimum atomic E-state index is -1.02. The number of aryl methyl sites for hydroxylation is 1. The standard InChI is InChI=1S/C18H20ClNO4/c1-18(2,3)24-16(21)7-5-4-6-11-8-12(19)9-14-13(11)10-15(20-14)17(22)23/h5,7-10,20H,4,6H2,1-3H3,(H,22,23)/b7-5+. The lowest BCUT2D eigenvalue weighted by atomic mass is 10.0. The lowest BCUT2D eigenvalue weighted by Crippen LogP contribution is -2.22. The second-order valence-corrected chi connectivity index (χ2v) is 6.93. The van der Waals surface area contributed by atoms with Gasteiger partial charge in [0.05, 0.1) is 0 Å². The smallest absolute Gasteiger partial charge is 0.352 e. The van der Waals surface area contributed by atoms with Crippen molar-refractivity contribution in [3.05, 3.63) is 46.6 Å². The molecule has 0 amide bonds. The van der Waals surface area contributed by atoms with Crippen LogP contribution in [0.1, 0.15) is 43.2 Å². The molecule has 2 aromatic rings. The van der Waals surface area contributed by atoms with Crippen molar-refractivity contribution >= 4 is 34.4 Å². The zero-order chi connectivity index (χ0) is 17.9. The number of ether oxygens (including phenoxy) is 1. The van der Waals surface area contributed by atoms with Crippen LogP contribution in [0.3, 0.4) is 0 Å². The molecule has 24 heavy (non-hydrogen) atoms. The van der Waals surface area contributed by atoms with E-state index in [0.717, 1.165) is 10.9 Å². The quantitative estimate of drug-likeness (QED) is 0.621. The van der Waals surface area contributed by atoms with E-state index in [1.807, 2.05) is 26.8 Å². The summed E-state index contributed by atoms with van der Waals surface area (Å²) in [5.74, 6) is -1.40. The first-order valence-electron chi connectivity index (χ1n) is 7.59. The highest BCUT2D eigenvalue weighted by atomic mass is 35.5. The summed E-state index contributed by atoms with van der Waals surface area (Å²) in [6.07, 6.45) is 4.40. The van der Waals surface area contributed by atoms with Crippen LogP contribution in [0.25, 0.3) is 10.9 Å². The fraction of sp³-hybridized carbons (Fsp3) is 0.333. The summed E-state index contributed by atoms with van der Waals surface area (Å²) < 4.78 is 5.19. The van der Waals surface area contributed by atoms with Crippen molar-refractivity contribution in [3.63, 3.8) is 0 Å². The van der Waals surface area contributed by atoms with Crippen LogP contribution in [0.15, 0.2) is 30.4 Å². The number of esters is 1. The Morgan fingerprint density at radius 1 is 1.29 bits per heavy atom. The molecule has 0 atom stereocenters. The Hall–Kier alpha value is -2.27. The fourth-order valence-electron chi connectivity index (χ4n) is 2.35. The molecular weight excluding hydrogens is 330 g/mol. The van der Waals surface area contributed by atoms with Gasteiger partial charge in [-0.2, -0.15) is 0 Å². The minimum Gasteiger partial charge on any atom is -0.477 e. The maximum absolute atomic E-state index is 11.6. The number of aromatic carboxylic acids is 1. The molecule has 1 heterocycles. The van der Waals surface area contributed by atoms with Crippen molar-refractivity contribution < 1.29 is 19.4 Å². The van der Waals surface area contributed by atoms with Crippen LogP contribution in [-0.2, 0) is 16.0 Å². The summed E-state index contributed by atoms with van der Waals surface area (Å²) in [7, 11) is 0. The average molecular weight is 350 g/mol. The van der Waals surface area contributed by atoms with Crippen LogP contribution in [0.5, 0.6) is 0 Å². The molecule has 1 aromatic heterocycles. The highest BCUT2D eigenvalue weighted by molar-refractivity contribution is 6.31. The van der Waals surface area contributed by atoms with Crippen molar-refractivity contribution in [1.29, 1.82) is 0 Å². The first kappa shape index (κ1) is 18.1. The number of carbonyl (C=O) groups is 2. The molecule has 0 saturated heterocycles. The summed E-state index contributed by atoms with van der Waals surface area (Å²) in [6, 6.07) is 5.11. The van der Waals surface area contributed by atoms with Crippen LogP contribution < -0.4 is 0 Å². The summed E-state index contributed by atoms with van der Waals surface area (Å²) in [4.78, 5) is 25.5. The van der Waals surface area contributed by atoms with E-state index in [-0.39, 0.29) is 11.7 Å². The summed E-state index contributed by atoms with van der Waals surface area (Å²) >= 11 is 6.09. The second-order valence-electron chi connectivity index (χ2n) is 6.49. The van der Waals surface area contributed by atoms with Crippen molar-refractivity contribution in [2.24, 2.45) is 0 Å². The predicted octanol–water partition coefficient (Wildman–Crippen LogP) is 4.35. The average Bonchev–Trinajstić information content (AvgIpc) is 2.85. The SMILES string of the molecule is CC(C)(C)OC(=O)/C=C/CCc1cc(Cl)cc2[nH]c(C(=O)O)cc12. The van der Waals surface area contributed by atoms with Crippen molar-refractivity contribution in [1.82, 2.24) is 4.98 Å². The number of hydrogen-bond donors (Lipinski definition) is 2. The number of aromatic amines is 1. The zero-order valence-corrected chi connectivity index (χ0v) is 14.6. The maximum atomic E-state index is 11.6. The van der Waals surface area contributed by atoms with Gasteiger partial charge in [0.15, 0.2) is 0 Å². The molecular formula is C18H20ClNO4. The molecule has 2 N–H and O–H groups in total. The Bertz CT molecular complexity index is 799. The Morgan fingerprint density at radius 2 is 2.00 bits per heavy atom. The Labute approximate surface area is 145 Å². The maximum Gasteiger partial charge on any atom is 0.352 e. The van der Waals surface area contributed by atoms with Gasteiger partial charge in [0.2, 0.25) is 0 Å². The third-order valence-electron chi connectivity index (χ3n) is 3.26. The van der Waals surface area contributed by atoms with E-state index < -0.39 is 11.6 Å². The molecule has 2 rings (SSSR count). The second kappa shape index (κ2) is 7.09. The van der Waals surface area contributed by atoms with Crippen LogP contribution in [-0.4, -0.2) is 27.6 Å². The third kappa shape index (κ3) is 4.86. The first-order valence-corrected chi connectivity index (χ1v) is 7.97. The van der Waals surface area contributed by atoms with Crippen molar-refractivity contribution in [3.8, 4) is 0 Å². The summed E-state index contributed by atoms with van der Waals surface area (Å²) in [5, 5.41) is 10.4. The van der Waals surface area contributed by atoms with E-state index >= 15 is 0 Å². The van der Waals surface area contributed by atoms with Crippen LogP contribution >= 0.6 is 11.6 Å². The Kier molecular flexibility index (Phi) is 5.34. The van der Waals surface area contributed by atoms with Crippen LogP contribution in [0, 0.1) is 0 Å². The topological polar surface area (TPSA) is 79.4 Å². The molecule has 0 aliphatic carbocycles. The monoisotopic (exact) mass is 349 g/mol. The number of nitrogens with one attached hydrogen (secondary N) is 1. The van der Waals surface area contributed by atoms with Gasteiger partial charge >= 0.3 is 11.9 Å². The van der Waals surface area contributed by atoms with Crippen molar-refractivity contribution in [2.45, 2.75) is 39.2 Å². The summed E-state index contributed by atoms with van der Waals surface area (Å²) in [6.45, 7) is 5.44. The van der Waals surface area contributed by atoms with E-state index in [1.165, 1.54) is 6.08 Å². The molecule has 0 saturated carbocycles. The number of aromatic nitrogens is 1. The van der Waals surface area contributed by atoms with Gasteiger partial charge in [-0.25, -0.2) is 9.59 Å². The van der Waals surface area contributed by atoms with Crippen LogP contribution in [0.2, 0.25) is 5.02 Å². The number of rotatable bonds is 5. The molecule has 0 fully saturated rings. The molecule has 0 aliphatic rings. The zero-order valence-electron chi connectivity index (χ0n) is 13.9. The minimum absolute atomic E-state index is 0.123. The number of carbonyl (C=O) groups excluding carboxylic acids is 1. The van der Waals surface area contributed by atoms with Gasteiger partial charge < -0.3 is 14.8 Å². The lowest BCUT2D eigenvalue weighted by Gasteiger charge is -2.17. The van der Waals surface area contributed by atoms with Crippen molar-refractivity contribution in [2.75, 3.05) is 0 Å².